The van der Waals surface area contributed by atoms with Gasteiger partial charge in [0.25, 0.3) is 0 Å². The molecular weight excluding hydrogens is 243 g/mol. The molecular formula is C10H21N2O4P. The van der Waals surface area contributed by atoms with Crippen molar-refractivity contribution < 1.29 is 19.1 Å². The van der Waals surface area contributed by atoms with Crippen LogP contribution in [0.5, 0.6) is 0 Å². The monoisotopic (exact) mass is 264 g/mol. The molecule has 0 saturated heterocycles. The summed E-state index contributed by atoms with van der Waals surface area (Å²) in [6, 6.07) is -0.757. The van der Waals surface area contributed by atoms with Crippen molar-refractivity contribution in [3.8, 4) is 0 Å². The van der Waals surface area contributed by atoms with Crippen LogP contribution in [0.3, 0.4) is 0 Å². The highest BCUT2D eigenvalue weighted by molar-refractivity contribution is 7.52. The lowest BCUT2D eigenvalue weighted by Crippen LogP contribution is -2.47. The summed E-state index contributed by atoms with van der Waals surface area (Å²) in [7, 11) is -4.33. The molecule has 0 aromatic rings. The third-order valence-electron chi connectivity index (χ3n) is 3.16. The van der Waals surface area contributed by atoms with E-state index < -0.39 is 25.3 Å². The number of hydrogen-bond acceptors (Lipinski definition) is 3. The van der Waals surface area contributed by atoms with Crippen molar-refractivity contribution in [3.63, 3.8) is 0 Å². The molecule has 100 valence electrons. The average molecular weight is 264 g/mol. The molecule has 6 nitrogen and oxygen atoms in total. The number of amides is 1. The lowest BCUT2D eigenvalue weighted by Gasteiger charge is -2.31. The Balaban J connectivity index is 2.73. The van der Waals surface area contributed by atoms with Gasteiger partial charge >= 0.3 is 7.60 Å². The summed E-state index contributed by atoms with van der Waals surface area (Å²) in [6.45, 7) is 1.49. The predicted octanol–water partition coefficient (Wildman–Crippen LogP) is 0.534. The number of carbonyl (C=O) groups excluding carboxylic acids is 1. The lowest BCUT2D eigenvalue weighted by molar-refractivity contribution is -0.122. The maximum atomic E-state index is 11.5. The van der Waals surface area contributed by atoms with Crippen LogP contribution >= 0.6 is 7.60 Å². The van der Waals surface area contributed by atoms with Crippen molar-refractivity contribution >= 4 is 13.5 Å². The second kappa shape index (κ2) is 5.96. The molecule has 1 amide bonds. The van der Waals surface area contributed by atoms with Crippen LogP contribution in [0, 0.1) is 5.92 Å². The van der Waals surface area contributed by atoms with E-state index in [0.29, 0.717) is 0 Å². The van der Waals surface area contributed by atoms with Gasteiger partial charge in [0.2, 0.25) is 5.91 Å². The van der Waals surface area contributed by atoms with Gasteiger partial charge in [0.15, 0.2) is 0 Å². The van der Waals surface area contributed by atoms with Gasteiger partial charge in [0.1, 0.15) is 5.78 Å². The highest BCUT2D eigenvalue weighted by atomic mass is 31.2. The van der Waals surface area contributed by atoms with Gasteiger partial charge in [-0.3, -0.25) is 9.36 Å². The standard InChI is InChI=1S/C10H21N2O4P/c1-7(11)9(13)12-10(17(14,15)16)8-5-3-2-4-6-8/h7-8,10H,2-6,11H2,1H3,(H,12,13)(H2,14,15,16). The molecule has 0 aliphatic heterocycles. The summed E-state index contributed by atoms with van der Waals surface area (Å²) < 4.78 is 11.4. The molecule has 1 aliphatic rings. The first-order chi connectivity index (χ1) is 7.82. The predicted molar refractivity (Wildman–Crippen MR) is 64.2 cm³/mol. The molecule has 0 spiro atoms. The number of hydrogen-bond donors (Lipinski definition) is 4. The summed E-state index contributed by atoms with van der Waals surface area (Å²) >= 11 is 0. The Hall–Kier alpha value is -0.420. The van der Waals surface area contributed by atoms with Crippen LogP contribution in [0.25, 0.3) is 0 Å². The third kappa shape index (κ3) is 4.39. The van der Waals surface area contributed by atoms with Gasteiger partial charge in [0.05, 0.1) is 6.04 Å². The van der Waals surface area contributed by atoms with E-state index in [4.69, 9.17) is 5.73 Å². The fraction of sp³-hybridized carbons (Fsp3) is 0.900. The molecule has 0 heterocycles. The number of rotatable bonds is 4. The Morgan fingerprint density at radius 1 is 1.35 bits per heavy atom. The SMILES string of the molecule is CC(N)C(=O)NC(C1CCCCC1)P(=O)(O)O. The van der Waals surface area contributed by atoms with Gasteiger partial charge in [-0.25, -0.2) is 0 Å². The Bertz CT molecular complexity index is 309. The first-order valence-electron chi connectivity index (χ1n) is 5.93. The van der Waals surface area contributed by atoms with Gasteiger partial charge in [-0.2, -0.15) is 0 Å². The molecule has 0 aromatic carbocycles. The van der Waals surface area contributed by atoms with E-state index in [-0.39, 0.29) is 5.92 Å². The van der Waals surface area contributed by atoms with Crippen LogP contribution in [0.2, 0.25) is 0 Å². The van der Waals surface area contributed by atoms with Gasteiger partial charge < -0.3 is 20.8 Å². The van der Waals surface area contributed by atoms with E-state index in [1.165, 1.54) is 6.92 Å². The molecule has 2 unspecified atom stereocenters. The van der Waals surface area contributed by atoms with Gasteiger partial charge in [-0.1, -0.05) is 19.3 Å². The largest absolute Gasteiger partial charge is 0.347 e. The number of nitrogens with one attached hydrogen (secondary N) is 1. The smallest absolute Gasteiger partial charge is 0.340 e. The summed E-state index contributed by atoms with van der Waals surface area (Å²) in [5.74, 6) is -1.74. The van der Waals surface area contributed by atoms with E-state index in [0.717, 1.165) is 32.1 Å². The van der Waals surface area contributed by atoms with Crippen molar-refractivity contribution in [1.29, 1.82) is 0 Å². The third-order valence-corrected chi connectivity index (χ3v) is 4.44. The average Bonchev–Trinajstić information content (AvgIpc) is 2.25. The van der Waals surface area contributed by atoms with Crippen LogP contribution in [-0.4, -0.2) is 27.5 Å². The zero-order valence-electron chi connectivity index (χ0n) is 10.0. The zero-order valence-corrected chi connectivity index (χ0v) is 10.9. The Morgan fingerprint density at radius 3 is 2.29 bits per heavy atom. The molecule has 1 fully saturated rings. The minimum Gasteiger partial charge on any atom is -0.340 e. The molecule has 0 bridgehead atoms. The Kier molecular flexibility index (Phi) is 5.13. The molecule has 0 radical (unpaired) electrons. The fourth-order valence-corrected chi connectivity index (χ4v) is 3.35. The number of nitrogens with two attached hydrogens (primary N) is 1. The van der Waals surface area contributed by atoms with Crippen molar-refractivity contribution in [2.24, 2.45) is 11.7 Å². The van der Waals surface area contributed by atoms with E-state index >= 15 is 0 Å². The van der Waals surface area contributed by atoms with Gasteiger partial charge in [-0.05, 0) is 25.7 Å². The summed E-state index contributed by atoms with van der Waals surface area (Å²) in [6.07, 6.45) is 4.49. The normalized spacial score (nSPS) is 21.9. The van der Waals surface area contributed by atoms with E-state index in [2.05, 4.69) is 5.32 Å². The van der Waals surface area contributed by atoms with E-state index in [9.17, 15) is 19.1 Å². The van der Waals surface area contributed by atoms with Gasteiger partial charge in [-0.15, -0.1) is 0 Å². The maximum absolute atomic E-state index is 11.5. The minimum atomic E-state index is -4.33. The van der Waals surface area contributed by atoms with Crippen LogP contribution < -0.4 is 11.1 Å². The van der Waals surface area contributed by atoms with Crippen LogP contribution in [-0.2, 0) is 9.36 Å². The maximum Gasteiger partial charge on any atom is 0.347 e. The van der Waals surface area contributed by atoms with E-state index in [1.54, 1.807) is 0 Å². The second-order valence-electron chi connectivity index (χ2n) is 4.73. The molecule has 17 heavy (non-hydrogen) atoms. The molecule has 1 rings (SSSR count). The number of carbonyl (C=O) groups is 1. The quantitative estimate of drug-likeness (QED) is 0.553. The molecule has 1 saturated carbocycles. The summed E-state index contributed by atoms with van der Waals surface area (Å²) in [5, 5.41) is 2.40. The van der Waals surface area contributed by atoms with Crippen molar-refractivity contribution in [2.75, 3.05) is 0 Å². The molecule has 2 atom stereocenters. The van der Waals surface area contributed by atoms with E-state index in [1.807, 2.05) is 0 Å². The molecule has 0 aromatic heterocycles. The topological polar surface area (TPSA) is 113 Å². The highest BCUT2D eigenvalue weighted by Crippen LogP contribution is 2.47. The zero-order chi connectivity index (χ0) is 13.1. The Morgan fingerprint density at radius 2 is 1.88 bits per heavy atom. The fourth-order valence-electron chi connectivity index (χ4n) is 2.20. The molecule has 1 aliphatic carbocycles. The summed E-state index contributed by atoms with van der Waals surface area (Å²) in [5.41, 5.74) is 5.39. The first kappa shape index (κ1) is 14.6. The minimum absolute atomic E-state index is 0.146. The van der Waals surface area contributed by atoms with Crippen molar-refractivity contribution in [2.45, 2.75) is 50.9 Å². The lowest BCUT2D eigenvalue weighted by atomic mass is 9.89. The highest BCUT2D eigenvalue weighted by Gasteiger charge is 2.38. The van der Waals surface area contributed by atoms with Gasteiger partial charge in [0, 0.05) is 0 Å². The first-order valence-corrected chi connectivity index (χ1v) is 7.61. The second-order valence-corrected chi connectivity index (χ2v) is 6.46. The summed E-state index contributed by atoms with van der Waals surface area (Å²) in [4.78, 5) is 30.1. The molecule has 7 heteroatoms. The van der Waals surface area contributed by atoms with Crippen LogP contribution in [0.15, 0.2) is 0 Å². The van der Waals surface area contributed by atoms with Crippen LogP contribution in [0.4, 0.5) is 0 Å². The Labute approximate surface area is 101 Å². The van der Waals surface area contributed by atoms with Crippen molar-refractivity contribution in [3.05, 3.63) is 0 Å². The van der Waals surface area contributed by atoms with Crippen LogP contribution in [0.1, 0.15) is 39.0 Å². The molecule has 5 N–H and O–H groups in total. The van der Waals surface area contributed by atoms with Crippen molar-refractivity contribution in [1.82, 2.24) is 5.32 Å².